The lowest BCUT2D eigenvalue weighted by molar-refractivity contribution is -0.142. The molecule has 0 aromatic carbocycles. The maximum Gasteiger partial charge on any atom is 0.331 e. The van der Waals surface area contributed by atoms with Crippen LogP contribution < -0.4 is 5.32 Å². The van der Waals surface area contributed by atoms with Gasteiger partial charge in [-0.25, -0.2) is 4.79 Å². The molecule has 3 unspecified atom stereocenters. The Morgan fingerprint density at radius 1 is 1.19 bits per heavy atom. The Labute approximate surface area is 194 Å². The molecule has 7 nitrogen and oxygen atoms in total. The van der Waals surface area contributed by atoms with Gasteiger partial charge in [-0.15, -0.1) is 0 Å². The van der Waals surface area contributed by atoms with E-state index in [0.717, 1.165) is 32.2 Å². The molecule has 2 N–H and O–H groups in total. The van der Waals surface area contributed by atoms with Crippen molar-refractivity contribution in [2.24, 2.45) is 11.3 Å². The van der Waals surface area contributed by atoms with E-state index in [1.807, 2.05) is 34.6 Å². The van der Waals surface area contributed by atoms with Gasteiger partial charge >= 0.3 is 5.97 Å². The predicted molar refractivity (Wildman–Crippen MR) is 128 cm³/mol. The van der Waals surface area contributed by atoms with Crippen molar-refractivity contribution in [2.75, 3.05) is 13.6 Å². The molecule has 1 aliphatic heterocycles. The Bertz CT molecular complexity index is 696. The SMILES string of the molecule is CCC(C)N1CCCCC1C(=O)NC(C(=O)N(C)[C@H](C=C(C)C(=O)O)C(C)C)C(C)(C)C. The zero-order valence-electron chi connectivity index (χ0n) is 21.6. The van der Waals surface area contributed by atoms with E-state index in [4.69, 9.17) is 0 Å². The van der Waals surface area contributed by atoms with Gasteiger partial charge in [0.05, 0.1) is 12.1 Å². The summed E-state index contributed by atoms with van der Waals surface area (Å²) in [6.45, 7) is 16.5. The van der Waals surface area contributed by atoms with Gasteiger partial charge in [0, 0.05) is 18.7 Å². The quantitative estimate of drug-likeness (QED) is 0.522. The maximum atomic E-state index is 13.6. The maximum absolute atomic E-state index is 13.6. The number of likely N-dealkylation sites (tertiary alicyclic amines) is 1. The first kappa shape index (κ1) is 28.1. The minimum atomic E-state index is -1.00. The Kier molecular flexibility index (Phi) is 10.4. The molecule has 1 rings (SSSR count). The van der Waals surface area contributed by atoms with Crippen molar-refractivity contribution in [1.82, 2.24) is 15.1 Å². The van der Waals surface area contributed by atoms with Crippen molar-refractivity contribution in [3.63, 3.8) is 0 Å². The number of hydrogen-bond donors (Lipinski definition) is 2. The van der Waals surface area contributed by atoms with E-state index in [2.05, 4.69) is 24.1 Å². The largest absolute Gasteiger partial charge is 0.478 e. The Morgan fingerprint density at radius 2 is 1.78 bits per heavy atom. The fourth-order valence-electron chi connectivity index (χ4n) is 4.31. The van der Waals surface area contributed by atoms with Crippen LogP contribution in [-0.2, 0) is 14.4 Å². The van der Waals surface area contributed by atoms with Crippen LogP contribution in [0.4, 0.5) is 0 Å². The summed E-state index contributed by atoms with van der Waals surface area (Å²) in [6.07, 6.45) is 5.49. The minimum absolute atomic E-state index is 0.0220. The van der Waals surface area contributed by atoms with Crippen molar-refractivity contribution in [2.45, 2.75) is 105 Å². The molecule has 7 heteroatoms. The van der Waals surface area contributed by atoms with Crippen molar-refractivity contribution < 1.29 is 19.5 Å². The molecule has 1 fully saturated rings. The molecule has 1 aliphatic rings. The lowest BCUT2D eigenvalue weighted by Gasteiger charge is -2.41. The molecule has 2 amide bonds. The summed E-state index contributed by atoms with van der Waals surface area (Å²) in [7, 11) is 1.69. The highest BCUT2D eigenvalue weighted by atomic mass is 16.4. The molecule has 0 aliphatic carbocycles. The summed E-state index contributed by atoms with van der Waals surface area (Å²) < 4.78 is 0. The third-order valence-corrected chi connectivity index (χ3v) is 6.64. The molecule has 0 aromatic heterocycles. The predicted octanol–water partition coefficient (Wildman–Crippen LogP) is 3.68. The lowest BCUT2D eigenvalue weighted by Crippen LogP contribution is -2.60. The molecule has 1 heterocycles. The van der Waals surface area contributed by atoms with Gasteiger partial charge in [-0.1, -0.05) is 54.0 Å². The molecular formula is C25H45N3O4. The van der Waals surface area contributed by atoms with Gasteiger partial charge < -0.3 is 15.3 Å². The minimum Gasteiger partial charge on any atom is -0.478 e. The summed E-state index contributed by atoms with van der Waals surface area (Å²) in [6, 6.07) is -1.00. The zero-order chi connectivity index (χ0) is 24.8. The second-order valence-corrected chi connectivity index (χ2v) is 10.7. The first-order valence-electron chi connectivity index (χ1n) is 12.0. The van der Waals surface area contributed by atoms with Crippen LogP contribution in [0, 0.1) is 11.3 Å². The molecule has 0 bridgehead atoms. The van der Waals surface area contributed by atoms with E-state index in [1.54, 1.807) is 18.0 Å². The van der Waals surface area contributed by atoms with Crippen LogP contribution in [-0.4, -0.2) is 70.4 Å². The van der Waals surface area contributed by atoms with Gasteiger partial charge in [-0.2, -0.15) is 0 Å². The van der Waals surface area contributed by atoms with E-state index in [-0.39, 0.29) is 35.4 Å². The molecule has 4 atom stereocenters. The van der Waals surface area contributed by atoms with E-state index < -0.39 is 17.4 Å². The summed E-state index contributed by atoms with van der Waals surface area (Å²) in [4.78, 5) is 42.2. The monoisotopic (exact) mass is 451 g/mol. The van der Waals surface area contributed by atoms with Crippen LogP contribution in [0.25, 0.3) is 0 Å². The third-order valence-electron chi connectivity index (χ3n) is 6.64. The van der Waals surface area contributed by atoms with Crippen molar-refractivity contribution in [3.8, 4) is 0 Å². The van der Waals surface area contributed by atoms with Crippen molar-refractivity contribution in [3.05, 3.63) is 11.6 Å². The van der Waals surface area contributed by atoms with Gasteiger partial charge in [-0.3, -0.25) is 14.5 Å². The standard InChI is InChI=1S/C25H45N3O4/c1-10-18(5)28-14-12-11-13-19(28)22(29)26-21(25(6,7)8)23(30)27(9)20(16(2)3)15-17(4)24(31)32/h15-16,18-21H,10-14H2,1-9H3,(H,26,29)(H,31,32)/t18?,19?,20-,21?/m1/s1. The normalized spacial score (nSPS) is 21.1. The molecule has 1 saturated heterocycles. The van der Waals surface area contributed by atoms with E-state index in [0.29, 0.717) is 6.04 Å². The number of carbonyl (C=O) groups is 3. The Hall–Kier alpha value is -1.89. The third kappa shape index (κ3) is 7.32. The highest BCUT2D eigenvalue weighted by Gasteiger charge is 2.40. The second kappa shape index (κ2) is 11.8. The van der Waals surface area contributed by atoms with Crippen LogP contribution in [0.15, 0.2) is 11.6 Å². The van der Waals surface area contributed by atoms with Crippen LogP contribution in [0.2, 0.25) is 0 Å². The summed E-state index contributed by atoms with van der Waals surface area (Å²) >= 11 is 0. The zero-order valence-corrected chi connectivity index (χ0v) is 21.6. The van der Waals surface area contributed by atoms with Gasteiger partial charge in [-0.05, 0) is 51.0 Å². The number of nitrogens with one attached hydrogen (secondary N) is 1. The number of likely N-dealkylation sites (N-methyl/N-ethyl adjacent to an activating group) is 1. The molecule has 184 valence electrons. The molecule has 0 radical (unpaired) electrons. The smallest absolute Gasteiger partial charge is 0.331 e. The van der Waals surface area contributed by atoms with E-state index in [9.17, 15) is 19.5 Å². The van der Waals surface area contributed by atoms with Gasteiger partial charge in [0.25, 0.3) is 0 Å². The topological polar surface area (TPSA) is 90.0 Å². The summed E-state index contributed by atoms with van der Waals surface area (Å²) in [5.74, 6) is -1.27. The molecule has 0 aromatic rings. The van der Waals surface area contributed by atoms with E-state index >= 15 is 0 Å². The number of amides is 2. The summed E-state index contributed by atoms with van der Waals surface area (Å²) in [5, 5.41) is 12.4. The number of carbonyl (C=O) groups excluding carboxylic acids is 2. The Morgan fingerprint density at radius 3 is 2.25 bits per heavy atom. The molecular weight excluding hydrogens is 406 g/mol. The number of carboxylic acids is 1. The average Bonchev–Trinajstić information content (AvgIpc) is 2.72. The van der Waals surface area contributed by atoms with Crippen molar-refractivity contribution >= 4 is 17.8 Å². The number of piperidine rings is 1. The average molecular weight is 452 g/mol. The Balaban J connectivity index is 3.16. The lowest BCUT2D eigenvalue weighted by atomic mass is 9.84. The van der Waals surface area contributed by atoms with Crippen molar-refractivity contribution in [1.29, 1.82) is 0 Å². The highest BCUT2D eigenvalue weighted by molar-refractivity contribution is 5.91. The number of hydrogen-bond acceptors (Lipinski definition) is 4. The number of aliphatic carboxylic acids is 1. The number of carboxylic acid groups (broad SMARTS) is 1. The molecule has 0 saturated carbocycles. The van der Waals surface area contributed by atoms with Crippen LogP contribution in [0.5, 0.6) is 0 Å². The first-order chi connectivity index (χ1) is 14.7. The fourth-order valence-corrected chi connectivity index (χ4v) is 4.31. The molecule has 0 spiro atoms. The van der Waals surface area contributed by atoms with Gasteiger partial charge in [0.2, 0.25) is 11.8 Å². The second-order valence-electron chi connectivity index (χ2n) is 10.7. The number of nitrogens with zero attached hydrogens (tertiary/aromatic N) is 2. The van der Waals surface area contributed by atoms with Crippen LogP contribution >= 0.6 is 0 Å². The van der Waals surface area contributed by atoms with Gasteiger partial charge in [0.15, 0.2) is 0 Å². The molecule has 32 heavy (non-hydrogen) atoms. The summed E-state index contributed by atoms with van der Waals surface area (Å²) in [5.41, 5.74) is -0.296. The van der Waals surface area contributed by atoms with Crippen LogP contribution in [0.3, 0.4) is 0 Å². The first-order valence-corrected chi connectivity index (χ1v) is 12.0. The number of rotatable bonds is 9. The van der Waals surface area contributed by atoms with Gasteiger partial charge in [0.1, 0.15) is 6.04 Å². The van der Waals surface area contributed by atoms with E-state index in [1.165, 1.54) is 6.92 Å². The highest BCUT2D eigenvalue weighted by Crippen LogP contribution is 2.26. The fraction of sp³-hybridized carbons (Fsp3) is 0.800. The van der Waals surface area contributed by atoms with Crippen LogP contribution in [0.1, 0.15) is 81.1 Å².